The molecule has 0 heterocycles. The highest BCUT2D eigenvalue weighted by Crippen LogP contribution is 2.25. The summed E-state index contributed by atoms with van der Waals surface area (Å²) in [5.41, 5.74) is 7.87. The van der Waals surface area contributed by atoms with E-state index < -0.39 is 0 Å². The van der Waals surface area contributed by atoms with Crippen molar-refractivity contribution in [2.24, 2.45) is 0 Å². The van der Waals surface area contributed by atoms with Gasteiger partial charge in [0.15, 0.2) is 0 Å². The fraction of sp³-hybridized carbons (Fsp3) is 0.100. The highest BCUT2D eigenvalue weighted by molar-refractivity contribution is 6.08. The molecular weight excluding hydrogens is 268 g/mol. The van der Waals surface area contributed by atoms with E-state index in [0.717, 1.165) is 0 Å². The largest absolute Gasteiger partial charge is 0.0587 e. The Balaban J connectivity index is 1.87. The van der Waals surface area contributed by atoms with Gasteiger partial charge in [0.2, 0.25) is 0 Å². The fourth-order valence-electron chi connectivity index (χ4n) is 2.53. The summed E-state index contributed by atoms with van der Waals surface area (Å²) in [4.78, 5) is 0. The van der Waals surface area contributed by atoms with E-state index >= 15 is 0 Å². The van der Waals surface area contributed by atoms with Gasteiger partial charge in [-0.25, -0.2) is 0 Å². The van der Waals surface area contributed by atoms with Crippen LogP contribution >= 0.6 is 0 Å². The molecule has 0 spiro atoms. The molecule has 21 heavy (non-hydrogen) atoms. The van der Waals surface area contributed by atoms with Gasteiger partial charge in [0.1, 0.15) is 0 Å². The lowest BCUT2D eigenvalue weighted by atomic mass is 9.99. The maximum absolute atomic E-state index is 2.25. The number of aryl methyl sites for hydroxylation is 1. The molecule has 0 unspecified atom stereocenters. The molecule has 0 atom stereocenters. The molecule has 0 saturated carbocycles. The molecule has 0 bridgehead atoms. The molecule has 0 nitrogen and oxygen atoms in total. The minimum absolute atomic E-state index is 1.23. The first kappa shape index (κ1) is 13.8. The molecule has 3 aromatic rings. The quantitative estimate of drug-likeness (QED) is 0.634. The van der Waals surface area contributed by atoms with Gasteiger partial charge >= 0.3 is 0 Å². The molecule has 3 rings (SSSR count). The average Bonchev–Trinajstić information content (AvgIpc) is 2.56. The second-order valence-corrected chi connectivity index (χ2v) is 6.20. The van der Waals surface area contributed by atoms with Gasteiger partial charge in [-0.3, -0.25) is 0 Å². The van der Waals surface area contributed by atoms with Gasteiger partial charge in [0.25, 0.3) is 0 Å². The van der Waals surface area contributed by atoms with Crippen LogP contribution in [0.2, 0.25) is 0 Å². The highest BCUT2D eigenvalue weighted by atomic mass is 28.1. The molecular formula is C20H20Si. The third-order valence-corrected chi connectivity index (χ3v) is 4.78. The summed E-state index contributed by atoms with van der Waals surface area (Å²) in [6, 6.07) is 27.7. The molecule has 0 saturated heterocycles. The van der Waals surface area contributed by atoms with Gasteiger partial charge in [0, 0.05) is 10.2 Å². The van der Waals surface area contributed by atoms with Gasteiger partial charge in [-0.2, -0.15) is 0 Å². The first-order valence-electron chi connectivity index (χ1n) is 7.52. The number of rotatable bonds is 3. The molecule has 0 amide bonds. The molecule has 0 N–H and O–H groups in total. The predicted molar refractivity (Wildman–Crippen MR) is 95.7 cm³/mol. The molecule has 0 aliphatic heterocycles. The molecule has 0 fully saturated rings. The minimum atomic E-state index is 1.23. The summed E-state index contributed by atoms with van der Waals surface area (Å²) < 4.78 is 0. The Kier molecular flexibility index (Phi) is 4.02. The van der Waals surface area contributed by atoms with Crippen molar-refractivity contribution in [1.82, 2.24) is 0 Å². The van der Waals surface area contributed by atoms with Crippen LogP contribution in [0.15, 0.2) is 72.8 Å². The van der Waals surface area contributed by atoms with Gasteiger partial charge in [-0.05, 0) is 35.2 Å². The van der Waals surface area contributed by atoms with Crippen molar-refractivity contribution < 1.29 is 0 Å². The zero-order chi connectivity index (χ0) is 14.7. The Bertz CT molecular complexity index is 707. The van der Waals surface area contributed by atoms with Gasteiger partial charge in [0.05, 0.1) is 0 Å². The average molecular weight is 288 g/mol. The van der Waals surface area contributed by atoms with Crippen LogP contribution in [0.3, 0.4) is 0 Å². The van der Waals surface area contributed by atoms with Gasteiger partial charge < -0.3 is 0 Å². The van der Waals surface area contributed by atoms with Crippen molar-refractivity contribution in [2.45, 2.75) is 13.0 Å². The monoisotopic (exact) mass is 288 g/mol. The summed E-state index contributed by atoms with van der Waals surface area (Å²) in [6.07, 6.45) is 0. The van der Waals surface area contributed by atoms with Crippen molar-refractivity contribution in [1.29, 1.82) is 0 Å². The van der Waals surface area contributed by atoms with Gasteiger partial charge in [-0.1, -0.05) is 83.9 Å². The Labute approximate surface area is 129 Å². The smallest absolute Gasteiger partial charge is 0.00833 e. The van der Waals surface area contributed by atoms with E-state index in [9.17, 15) is 0 Å². The minimum Gasteiger partial charge on any atom is -0.0587 e. The van der Waals surface area contributed by atoms with Crippen LogP contribution in [0.1, 0.15) is 11.1 Å². The molecule has 104 valence electrons. The zero-order valence-corrected chi connectivity index (χ0v) is 14.6. The van der Waals surface area contributed by atoms with E-state index in [1.807, 2.05) is 0 Å². The second kappa shape index (κ2) is 6.11. The third-order valence-electron chi connectivity index (χ3n) is 3.97. The van der Waals surface area contributed by atoms with Crippen molar-refractivity contribution in [2.75, 3.05) is 0 Å². The molecule has 0 aliphatic rings. The maximum Gasteiger partial charge on any atom is 0.00833 e. The summed E-state index contributed by atoms with van der Waals surface area (Å²) in [6.45, 7) is 2.12. The van der Waals surface area contributed by atoms with Crippen molar-refractivity contribution in [3.63, 3.8) is 0 Å². The normalized spacial score (nSPS) is 10.7. The van der Waals surface area contributed by atoms with Crippen LogP contribution in [0.4, 0.5) is 0 Å². The Morgan fingerprint density at radius 1 is 0.571 bits per heavy atom. The summed E-state index contributed by atoms with van der Waals surface area (Å²) in [5.74, 6) is 0. The molecule has 1 heteroatoms. The highest BCUT2D eigenvalue weighted by Gasteiger charge is 2.00. The fourth-order valence-corrected chi connectivity index (χ4v) is 3.01. The number of benzene rings is 3. The lowest BCUT2D eigenvalue weighted by molar-refractivity contribution is 1.40. The summed E-state index contributed by atoms with van der Waals surface area (Å²) in [5, 5.41) is 0. The van der Waals surface area contributed by atoms with E-state index in [0.29, 0.717) is 0 Å². The van der Waals surface area contributed by atoms with E-state index in [1.54, 1.807) is 0 Å². The van der Waals surface area contributed by atoms with E-state index in [2.05, 4.69) is 79.7 Å². The zero-order valence-electron chi connectivity index (χ0n) is 12.6. The van der Waals surface area contributed by atoms with Crippen LogP contribution in [-0.2, 0) is 6.04 Å². The van der Waals surface area contributed by atoms with E-state index in [1.165, 1.54) is 49.7 Å². The topological polar surface area (TPSA) is 0 Å². The molecule has 0 aliphatic carbocycles. The maximum atomic E-state index is 2.25. The first-order valence-corrected chi connectivity index (χ1v) is 8.94. The lowest BCUT2D eigenvalue weighted by Gasteiger charge is -2.06. The predicted octanol–water partition coefficient (Wildman–Crippen LogP) is 4.19. The second-order valence-electron chi connectivity index (χ2n) is 5.49. The van der Waals surface area contributed by atoms with Crippen LogP contribution < -0.4 is 0 Å². The summed E-state index contributed by atoms with van der Waals surface area (Å²) >= 11 is 0. The van der Waals surface area contributed by atoms with E-state index in [-0.39, 0.29) is 0 Å². The van der Waals surface area contributed by atoms with Crippen molar-refractivity contribution >= 4 is 10.2 Å². The van der Waals surface area contributed by atoms with Crippen molar-refractivity contribution in [3.05, 3.63) is 83.9 Å². The van der Waals surface area contributed by atoms with Crippen LogP contribution in [0, 0.1) is 6.92 Å². The third kappa shape index (κ3) is 3.14. The SMILES string of the molecule is Cc1ccc(-c2ccc(-c3ccc(C[SiH3])cc3)cc2)cc1. The van der Waals surface area contributed by atoms with Crippen LogP contribution in [0.5, 0.6) is 0 Å². The van der Waals surface area contributed by atoms with E-state index in [4.69, 9.17) is 0 Å². The Hall–Kier alpha value is -2.12. The summed E-state index contributed by atoms with van der Waals surface area (Å²) in [7, 11) is 1.23. The Morgan fingerprint density at radius 3 is 1.29 bits per heavy atom. The first-order chi connectivity index (χ1) is 10.3. The molecule has 0 radical (unpaired) electrons. The Morgan fingerprint density at radius 2 is 0.905 bits per heavy atom. The standard InChI is InChI=1S/C20H20Si/c1-15-2-6-17(7-3-15)19-10-12-20(13-11-19)18-8-4-16(14-21)5-9-18/h2-13H,14H2,1,21H3. The van der Waals surface area contributed by atoms with Crippen molar-refractivity contribution in [3.8, 4) is 22.3 Å². The van der Waals surface area contributed by atoms with Gasteiger partial charge in [-0.15, -0.1) is 0 Å². The van der Waals surface area contributed by atoms with Crippen LogP contribution in [-0.4, -0.2) is 10.2 Å². The van der Waals surface area contributed by atoms with Crippen LogP contribution in [0.25, 0.3) is 22.3 Å². The molecule has 0 aromatic heterocycles. The lowest BCUT2D eigenvalue weighted by Crippen LogP contribution is -1.84. The number of hydrogen-bond acceptors (Lipinski definition) is 0. The molecule has 3 aromatic carbocycles. The number of hydrogen-bond donors (Lipinski definition) is 0.